The molecule has 0 radical (unpaired) electrons. The van der Waals surface area contributed by atoms with E-state index in [9.17, 15) is 60.4 Å². The summed E-state index contributed by atoms with van der Waals surface area (Å²) < 4.78 is 178. The van der Waals surface area contributed by atoms with Crippen LogP contribution < -0.4 is 15.4 Å². The second kappa shape index (κ2) is 26.2. The van der Waals surface area contributed by atoms with Crippen LogP contribution in [0.15, 0.2) is 197 Å². The maximum absolute atomic E-state index is 13.8. The van der Waals surface area contributed by atoms with Crippen molar-refractivity contribution < 1.29 is 60.4 Å². The van der Waals surface area contributed by atoms with Crippen molar-refractivity contribution in [2.45, 2.75) is 40.9 Å². The first-order valence-electron chi connectivity index (χ1n) is 27.6. The number of alkyl halides is 6. The molecule has 0 aliphatic rings. The van der Waals surface area contributed by atoms with Gasteiger partial charge in [0.25, 0.3) is 0 Å². The summed E-state index contributed by atoms with van der Waals surface area (Å²) in [5, 5.41) is 16.0. The minimum atomic E-state index is -4.47. The van der Waals surface area contributed by atoms with Crippen LogP contribution in [0.5, 0.6) is 0 Å². The van der Waals surface area contributed by atoms with Gasteiger partial charge < -0.3 is 15.0 Å². The van der Waals surface area contributed by atoms with E-state index in [0.717, 1.165) is 18.2 Å². The number of imidazole rings is 3. The molecule has 474 valence electrons. The van der Waals surface area contributed by atoms with Gasteiger partial charge in [-0.15, -0.1) is 0 Å². The number of aryl methyl sites for hydroxylation is 2. The number of primary sulfonamides is 3. The fourth-order valence-corrected chi connectivity index (χ4v) is 12.3. The van der Waals surface area contributed by atoms with E-state index in [1.54, 1.807) is 141 Å². The predicted molar refractivity (Wildman–Crippen MR) is 344 cm³/mol. The summed E-state index contributed by atoms with van der Waals surface area (Å²) in [6.45, 7) is 3.33. The number of sulfonamides is 3. The summed E-state index contributed by atoms with van der Waals surface area (Å²) >= 11 is 0. The number of nitrogens with two attached hydrogens (primary N) is 3. The average molecular weight is 1330 g/mol. The van der Waals surface area contributed by atoms with Crippen molar-refractivity contribution >= 4 is 99.6 Å². The Morgan fingerprint density at radius 3 is 1.19 bits per heavy atom. The Balaban J connectivity index is 0.000000153. The quantitative estimate of drug-likeness (QED) is 0.0634. The number of benzene rings is 9. The van der Waals surface area contributed by atoms with E-state index in [1.807, 2.05) is 0 Å². The van der Waals surface area contributed by atoms with Crippen LogP contribution in [0.25, 0.3) is 103 Å². The van der Waals surface area contributed by atoms with Gasteiger partial charge >= 0.3 is 12.4 Å². The molecule has 0 fully saturated rings. The number of fused-ring (bicyclic) bond motifs is 3. The molecule has 3 aromatic heterocycles. The van der Waals surface area contributed by atoms with Gasteiger partial charge in [0.05, 0.1) is 58.9 Å². The molecule has 0 aliphatic heterocycles. The highest BCUT2D eigenvalue weighted by molar-refractivity contribution is 7.89. The van der Waals surface area contributed by atoms with Gasteiger partial charge in [-0.2, -0.15) is 26.3 Å². The largest absolute Gasteiger partial charge is 0.416 e. The van der Waals surface area contributed by atoms with Gasteiger partial charge in [0.2, 0.25) is 30.1 Å². The van der Waals surface area contributed by atoms with E-state index in [0.29, 0.717) is 101 Å². The molecule has 3 heterocycles. The zero-order valence-electron chi connectivity index (χ0n) is 48.6. The van der Waals surface area contributed by atoms with Crippen molar-refractivity contribution in [2.75, 3.05) is 0 Å². The van der Waals surface area contributed by atoms with Crippen LogP contribution in [0.3, 0.4) is 0 Å². The Morgan fingerprint density at radius 2 is 0.796 bits per heavy atom. The van der Waals surface area contributed by atoms with Crippen LogP contribution in [0, 0.1) is 25.5 Å². The molecule has 15 nitrogen and oxygen atoms in total. The number of aromatic nitrogens is 6. The minimum absolute atomic E-state index is 0.00175. The zero-order chi connectivity index (χ0) is 66.8. The van der Waals surface area contributed by atoms with Gasteiger partial charge in [-0.05, 0) is 156 Å². The maximum Gasteiger partial charge on any atom is 0.416 e. The number of hydrogen-bond donors (Lipinski definition) is 6. The van der Waals surface area contributed by atoms with E-state index < -0.39 is 65.2 Å². The first kappa shape index (κ1) is 65.7. The molecule has 26 heteroatoms. The number of nitrogens with zero attached hydrogens (tertiary/aromatic N) is 3. The molecule has 0 unspecified atom stereocenters. The van der Waals surface area contributed by atoms with Crippen LogP contribution in [0.4, 0.5) is 35.1 Å². The van der Waals surface area contributed by atoms with E-state index >= 15 is 0 Å². The van der Waals surface area contributed by atoms with Crippen molar-refractivity contribution in [3.8, 4) is 33.4 Å². The molecule has 12 aromatic rings. The van der Waals surface area contributed by atoms with E-state index in [-0.39, 0.29) is 25.8 Å². The number of H-pyrrole nitrogens is 3. The molecular weight excluding hydrogens is 1270 g/mol. The number of nitrogens with one attached hydrogen (secondary N) is 3. The summed E-state index contributed by atoms with van der Waals surface area (Å²) in [5.41, 5.74) is 7.04. The van der Waals surface area contributed by atoms with Gasteiger partial charge in [0, 0.05) is 22.3 Å². The molecule has 0 saturated heterocycles. The van der Waals surface area contributed by atoms with Crippen molar-refractivity contribution in [3.63, 3.8) is 0 Å². The Kier molecular flexibility index (Phi) is 18.5. The van der Waals surface area contributed by atoms with E-state index in [1.165, 1.54) is 72.8 Å². The number of hydrogen-bond acceptors (Lipinski definition) is 9. The highest BCUT2D eigenvalue weighted by Gasteiger charge is 2.33. The lowest BCUT2D eigenvalue weighted by atomic mass is 10.0. The number of rotatable bonds is 12. The van der Waals surface area contributed by atoms with Crippen LogP contribution in [0.2, 0.25) is 0 Å². The topological polar surface area (TPSA) is 267 Å². The lowest BCUT2D eigenvalue weighted by Crippen LogP contribution is -2.13. The molecule has 9 aromatic carbocycles. The summed E-state index contributed by atoms with van der Waals surface area (Å²) in [6.07, 6.45) is -0.125. The molecule has 0 bridgehead atoms. The lowest BCUT2D eigenvalue weighted by molar-refractivity contribution is -0.138. The Bertz CT molecular complexity index is 5290. The fraction of sp³-hybridized carbons (Fsp3) is 0.0597. The SMILES string of the molecule is Cc1cc(/C=C/c2nc3ccc(-c4ccccc4S(N)(=O)=O)cc3[nH]2)cc(C(F)(F)F)c1.Cc1ccc(C(F)(F)F)c(/C=C/c2nc3ccc(-c4ccccc4S(N)(=O)=O)cc3[nH]2)c1.NS(=O)(=O)c1ccccc1-c1ccc2nc(/C=C/c3c(F)cccc3F)[nH]c2c1. The monoisotopic (exact) mass is 1330 g/mol. The van der Waals surface area contributed by atoms with Gasteiger partial charge in [-0.3, -0.25) is 0 Å². The fourth-order valence-electron chi connectivity index (χ4n) is 10.0. The number of aromatic amines is 3. The van der Waals surface area contributed by atoms with Crippen LogP contribution in [-0.2, 0) is 42.4 Å². The molecule has 0 aliphatic carbocycles. The third-order valence-electron chi connectivity index (χ3n) is 14.2. The second-order valence-corrected chi connectivity index (χ2v) is 25.6. The first-order valence-corrected chi connectivity index (χ1v) is 32.2. The van der Waals surface area contributed by atoms with Crippen LogP contribution in [-0.4, -0.2) is 55.2 Å². The summed E-state index contributed by atoms with van der Waals surface area (Å²) in [7, 11) is -11.7. The summed E-state index contributed by atoms with van der Waals surface area (Å²) in [4.78, 5) is 22.4. The lowest BCUT2D eigenvalue weighted by Gasteiger charge is -2.10. The van der Waals surface area contributed by atoms with E-state index in [2.05, 4.69) is 29.9 Å². The summed E-state index contributed by atoms with van der Waals surface area (Å²) in [5.74, 6) is -0.114. The van der Waals surface area contributed by atoms with Gasteiger partial charge in [0.15, 0.2) is 0 Å². The normalized spacial score (nSPS) is 12.5. The third-order valence-corrected chi connectivity index (χ3v) is 17.1. The molecule has 0 atom stereocenters. The molecular formula is C67H51F8N9O6S3. The van der Waals surface area contributed by atoms with Crippen LogP contribution in [0.1, 0.15) is 56.4 Å². The average Bonchev–Trinajstić information content (AvgIpc) is 1.80. The van der Waals surface area contributed by atoms with Gasteiger partial charge in [-0.1, -0.05) is 115 Å². The predicted octanol–water partition coefficient (Wildman–Crippen LogP) is 15.1. The molecule has 9 N–H and O–H groups in total. The summed E-state index contributed by atoms with van der Waals surface area (Å²) in [6, 6.07) is 46.2. The first-order chi connectivity index (χ1) is 43.8. The maximum atomic E-state index is 13.8. The van der Waals surface area contributed by atoms with Crippen molar-refractivity contribution in [3.05, 3.63) is 250 Å². The van der Waals surface area contributed by atoms with Gasteiger partial charge in [0.1, 0.15) is 29.1 Å². The molecule has 0 amide bonds. The van der Waals surface area contributed by atoms with Crippen molar-refractivity contribution in [2.24, 2.45) is 15.4 Å². The Labute approximate surface area is 526 Å². The standard InChI is InChI=1S/2C23H18F3N3O2S.C21H15F2N3O2S/c1-14-6-9-18(23(24,25)26)16(12-14)8-11-22-28-19-10-7-15(13-20(19)29-22)17-4-2-3-5-21(17)32(27,30)31;1-14-10-15(12-17(11-14)23(24,25)26)6-9-22-28-19-8-7-16(13-20(19)29-22)18-4-2-3-5-21(18)32(27,30)31;22-16-5-3-6-17(23)15(16)9-11-21-25-18-10-8-13(12-19(18)26-21)14-4-1-2-7-20(14)29(24,27)28/h2*2-13H,1H3,(H,28,29)(H2,27,30,31);1-12H,(H,25,26)(H2,24,27,28)/b11-8+;9-6+;11-9+. The smallest absolute Gasteiger partial charge is 0.338 e. The Morgan fingerprint density at radius 1 is 0.398 bits per heavy atom. The molecule has 0 saturated carbocycles. The highest BCUT2D eigenvalue weighted by Crippen LogP contribution is 2.36. The molecule has 93 heavy (non-hydrogen) atoms. The third kappa shape index (κ3) is 15.8. The Hall–Kier alpha value is -10.2. The molecule has 0 spiro atoms. The van der Waals surface area contributed by atoms with Crippen molar-refractivity contribution in [1.82, 2.24) is 29.9 Å². The minimum Gasteiger partial charge on any atom is -0.338 e. The number of halogens is 8. The van der Waals surface area contributed by atoms with Gasteiger partial charge in [-0.25, -0.2) is 64.4 Å². The van der Waals surface area contributed by atoms with Crippen LogP contribution >= 0.6 is 0 Å². The highest BCUT2D eigenvalue weighted by atomic mass is 32.2. The second-order valence-electron chi connectivity index (χ2n) is 21.0. The zero-order valence-corrected chi connectivity index (χ0v) is 51.0. The molecule has 12 rings (SSSR count). The van der Waals surface area contributed by atoms with Crippen molar-refractivity contribution in [1.29, 1.82) is 0 Å². The van der Waals surface area contributed by atoms with E-state index in [4.69, 9.17) is 15.4 Å².